The molecule has 5 rings (SSSR count). The highest BCUT2D eigenvalue weighted by molar-refractivity contribution is 9.10. The van der Waals surface area contributed by atoms with E-state index in [0.717, 1.165) is 4.47 Å². The lowest BCUT2D eigenvalue weighted by Gasteiger charge is -2.35. The van der Waals surface area contributed by atoms with Crippen molar-refractivity contribution in [2.75, 3.05) is 36.9 Å². The number of nitro benzene ring substituents is 1. The van der Waals surface area contributed by atoms with E-state index in [0.29, 0.717) is 29.1 Å². The van der Waals surface area contributed by atoms with Gasteiger partial charge in [-0.25, -0.2) is 0 Å². The fourth-order valence-electron chi connectivity index (χ4n) is 5.90. The number of anilines is 3. The Balaban J connectivity index is 1.43. The molecule has 2 aliphatic rings. The second kappa shape index (κ2) is 13.3. The van der Waals surface area contributed by atoms with Gasteiger partial charge in [0, 0.05) is 62.7 Å². The van der Waals surface area contributed by atoms with E-state index < -0.39 is 34.7 Å². The fourth-order valence-corrected chi connectivity index (χ4v) is 6.99. The summed E-state index contributed by atoms with van der Waals surface area (Å²) in [5.41, 5.74) is 6.30. The summed E-state index contributed by atoms with van der Waals surface area (Å²) in [6, 6.07) is 2.82. The summed E-state index contributed by atoms with van der Waals surface area (Å²) in [7, 11) is 3.57. The molecule has 0 bridgehead atoms. The van der Waals surface area contributed by atoms with E-state index in [1.807, 2.05) is 13.8 Å². The van der Waals surface area contributed by atoms with E-state index in [4.69, 9.17) is 10.5 Å². The molecule has 3 aromatic rings. The van der Waals surface area contributed by atoms with Crippen LogP contribution in [-0.2, 0) is 16.6 Å². The summed E-state index contributed by atoms with van der Waals surface area (Å²) in [4.78, 5) is 60.7. The molecule has 0 spiro atoms. The van der Waals surface area contributed by atoms with Gasteiger partial charge in [-0.05, 0) is 48.3 Å². The number of morpholine rings is 1. The second-order valence-electron chi connectivity index (χ2n) is 11.5. The molecule has 4 heterocycles. The Hall–Kier alpha value is -4.09. The minimum atomic E-state index is -1.01. The predicted octanol–water partition coefficient (Wildman–Crippen LogP) is 3.45. The molecule has 4 unspecified atom stereocenters. The van der Waals surface area contributed by atoms with Crippen molar-refractivity contribution in [2.45, 2.75) is 44.6 Å². The van der Waals surface area contributed by atoms with Gasteiger partial charge < -0.3 is 30.5 Å². The number of benzene rings is 1. The third-order valence-electron chi connectivity index (χ3n) is 7.90. The average molecular weight is 763 g/mol. The molecule has 0 aliphatic carbocycles. The van der Waals surface area contributed by atoms with Gasteiger partial charge in [0.05, 0.1) is 44.6 Å². The highest BCUT2D eigenvalue weighted by atomic mass is 79.9. The van der Waals surface area contributed by atoms with Gasteiger partial charge in [-0.2, -0.15) is 5.10 Å². The van der Waals surface area contributed by atoms with Gasteiger partial charge in [-0.15, -0.1) is 0 Å². The van der Waals surface area contributed by atoms with E-state index in [1.165, 1.54) is 23.2 Å². The zero-order valence-corrected chi connectivity index (χ0v) is 28.7. The zero-order valence-electron chi connectivity index (χ0n) is 25.5. The summed E-state index contributed by atoms with van der Waals surface area (Å²) < 4.78 is 8.50. The number of nitro groups is 1. The molecule has 15 nitrogen and oxygen atoms in total. The van der Waals surface area contributed by atoms with Crippen LogP contribution in [0.2, 0.25) is 0 Å². The van der Waals surface area contributed by atoms with Gasteiger partial charge in [0.25, 0.3) is 17.5 Å². The van der Waals surface area contributed by atoms with Crippen LogP contribution < -0.4 is 16.0 Å². The first kappa shape index (κ1) is 33.3. The van der Waals surface area contributed by atoms with E-state index in [-0.39, 0.29) is 47.7 Å². The Morgan fingerprint density at radius 1 is 1.11 bits per heavy atom. The quantitative estimate of drug-likeness (QED) is 0.255. The minimum Gasteiger partial charge on any atom is -0.374 e. The number of carbonyl (C=O) groups excluding carboxylic acids is 3. The van der Waals surface area contributed by atoms with Crippen LogP contribution in [0, 0.1) is 10.1 Å². The zero-order chi connectivity index (χ0) is 33.4. The first-order valence-corrected chi connectivity index (χ1v) is 16.0. The number of nitrogens with one attached hydrogen (secondary N) is 1. The predicted molar refractivity (Wildman–Crippen MR) is 176 cm³/mol. The maximum absolute atomic E-state index is 13.8. The molecule has 244 valence electrons. The van der Waals surface area contributed by atoms with Crippen molar-refractivity contribution < 1.29 is 24.0 Å². The largest absolute Gasteiger partial charge is 0.374 e. The highest BCUT2D eigenvalue weighted by Crippen LogP contribution is 2.36. The van der Waals surface area contributed by atoms with Crippen LogP contribution in [0.15, 0.2) is 45.7 Å². The van der Waals surface area contributed by atoms with Crippen LogP contribution in [-0.4, -0.2) is 98.2 Å². The molecule has 46 heavy (non-hydrogen) atoms. The van der Waals surface area contributed by atoms with Crippen LogP contribution in [0.5, 0.6) is 0 Å². The first-order valence-electron chi connectivity index (χ1n) is 14.4. The minimum absolute atomic E-state index is 0.00116. The maximum atomic E-state index is 13.8. The molecular weight excluding hydrogens is 730 g/mol. The number of nitrogens with zero attached hydrogens (tertiary/aromatic N) is 7. The van der Waals surface area contributed by atoms with E-state index >= 15 is 0 Å². The molecule has 2 aliphatic heterocycles. The number of rotatable bonds is 8. The average Bonchev–Trinajstić information content (AvgIpc) is 3.58. The van der Waals surface area contributed by atoms with Gasteiger partial charge in [-0.3, -0.25) is 34.2 Å². The van der Waals surface area contributed by atoms with Crippen molar-refractivity contribution in [3.05, 3.63) is 67.0 Å². The summed E-state index contributed by atoms with van der Waals surface area (Å²) in [5.74, 6) is -1.02. The Bertz CT molecular complexity index is 1690. The Labute approximate surface area is 281 Å². The van der Waals surface area contributed by atoms with E-state index in [1.54, 1.807) is 47.0 Å². The Morgan fingerprint density at radius 3 is 2.41 bits per heavy atom. The number of aryl methyl sites for hydroxylation is 1. The number of carbonyl (C=O) groups is 3. The number of likely N-dealkylation sites (tertiary alicyclic amines) is 1. The van der Waals surface area contributed by atoms with Crippen molar-refractivity contribution in [3.63, 3.8) is 0 Å². The number of nitrogens with two attached hydrogens (primary N) is 1. The van der Waals surface area contributed by atoms with Crippen LogP contribution >= 0.6 is 31.9 Å². The molecule has 4 atom stereocenters. The topological polar surface area (TPSA) is 182 Å². The number of primary amides is 1. The van der Waals surface area contributed by atoms with Gasteiger partial charge in [0.2, 0.25) is 5.91 Å². The molecule has 0 saturated carbocycles. The van der Waals surface area contributed by atoms with Gasteiger partial charge in [0.1, 0.15) is 11.7 Å². The lowest BCUT2D eigenvalue weighted by atomic mass is 10.1. The van der Waals surface area contributed by atoms with Crippen LogP contribution in [0.4, 0.5) is 22.9 Å². The number of aromatic nitrogens is 3. The molecule has 2 aromatic heterocycles. The number of halogens is 2. The van der Waals surface area contributed by atoms with Crippen LogP contribution in [0.3, 0.4) is 0 Å². The molecule has 2 saturated heterocycles. The van der Waals surface area contributed by atoms with Crippen molar-refractivity contribution in [1.82, 2.24) is 24.6 Å². The fraction of sp³-hybridized carbons (Fsp3) is 0.414. The third kappa shape index (κ3) is 6.85. The molecule has 17 heteroatoms. The number of pyridine rings is 1. The van der Waals surface area contributed by atoms with Gasteiger partial charge >= 0.3 is 0 Å². The molecule has 2 fully saturated rings. The first-order chi connectivity index (χ1) is 21.7. The van der Waals surface area contributed by atoms with Crippen molar-refractivity contribution in [3.8, 4) is 0 Å². The van der Waals surface area contributed by atoms with E-state index in [2.05, 4.69) is 47.3 Å². The van der Waals surface area contributed by atoms with Gasteiger partial charge in [-0.1, -0.05) is 15.9 Å². The maximum Gasteiger partial charge on any atom is 0.294 e. The third-order valence-corrected chi connectivity index (χ3v) is 8.91. The monoisotopic (exact) mass is 761 g/mol. The number of amides is 3. The van der Waals surface area contributed by atoms with Gasteiger partial charge in [0.15, 0.2) is 5.82 Å². The summed E-state index contributed by atoms with van der Waals surface area (Å²) >= 11 is 6.78. The Kier molecular flexibility index (Phi) is 9.65. The molecule has 1 aromatic carbocycles. The summed E-state index contributed by atoms with van der Waals surface area (Å²) in [6.07, 6.45) is 4.41. The summed E-state index contributed by atoms with van der Waals surface area (Å²) in [6.45, 7) is 4.33. The lowest BCUT2D eigenvalue weighted by Crippen LogP contribution is -2.48. The molecule has 0 radical (unpaired) electrons. The summed E-state index contributed by atoms with van der Waals surface area (Å²) in [5, 5.41) is 19.7. The van der Waals surface area contributed by atoms with Crippen molar-refractivity contribution >= 4 is 72.5 Å². The number of hydrogen-bond donors (Lipinski definition) is 2. The SMILES string of the molecule is CC1CN(C(=O)c2cc(Br)cc([N+](=O)[O-])c2NC2CC(C(N)=O)N(C(=O)c3cncc(N(C)c4nn(C)cc4Br)c3)C2)CC(C)O1. The standard InChI is InChI=1S/C29H33Br2N9O6/c1-15-11-38(12-16(2)46-15)29(43)21-6-18(30)7-23(40(44)45)25(21)34-19-8-24(26(32)41)39(13-19)28(42)17-5-20(10-33-9-17)37(4)27-22(31)14-36(3)35-27/h5-7,9-10,14-16,19,24,34H,8,11-13H2,1-4H3,(H2,32,41). The normalized spacial score (nSPS) is 21.3. The second-order valence-corrected chi connectivity index (χ2v) is 13.3. The van der Waals surface area contributed by atoms with E-state index in [9.17, 15) is 24.5 Å². The number of hydrogen-bond acceptors (Lipinski definition) is 10. The smallest absolute Gasteiger partial charge is 0.294 e. The molecule has 3 amide bonds. The number of ether oxygens (including phenoxy) is 1. The molecular formula is C29H33Br2N9O6. The van der Waals surface area contributed by atoms with Crippen molar-refractivity contribution in [1.29, 1.82) is 0 Å². The Morgan fingerprint density at radius 2 is 1.80 bits per heavy atom. The van der Waals surface area contributed by atoms with Crippen LogP contribution in [0.1, 0.15) is 41.0 Å². The highest BCUT2D eigenvalue weighted by Gasteiger charge is 2.41. The van der Waals surface area contributed by atoms with Crippen molar-refractivity contribution in [2.24, 2.45) is 12.8 Å². The lowest BCUT2D eigenvalue weighted by molar-refractivity contribution is -0.384. The molecule has 3 N–H and O–H groups in total. The van der Waals surface area contributed by atoms with Crippen LogP contribution in [0.25, 0.3) is 0 Å².